The first-order valence-electron chi connectivity index (χ1n) is 11.9. The van der Waals surface area contributed by atoms with Crippen LogP contribution >= 0.6 is 0 Å². The predicted octanol–water partition coefficient (Wildman–Crippen LogP) is 4.88. The van der Waals surface area contributed by atoms with E-state index in [9.17, 15) is 13.6 Å². The van der Waals surface area contributed by atoms with E-state index in [1.807, 2.05) is 12.1 Å². The molecule has 1 aromatic carbocycles. The molecule has 0 spiro atoms. The Balaban J connectivity index is 1.24. The van der Waals surface area contributed by atoms with Crippen LogP contribution in [0.1, 0.15) is 68.0 Å². The number of likely N-dealkylation sites (tertiary alicyclic amines) is 1. The fraction of sp³-hybridized carbons (Fsp3) is 0.600. The molecule has 3 atom stereocenters. The number of hydrogen-bond donors (Lipinski definition) is 1. The zero-order valence-electron chi connectivity index (χ0n) is 18.3. The average molecular weight is 444 g/mol. The van der Waals surface area contributed by atoms with Crippen LogP contribution in [0.15, 0.2) is 42.6 Å². The first-order valence-corrected chi connectivity index (χ1v) is 11.9. The van der Waals surface area contributed by atoms with E-state index in [0.29, 0.717) is 19.1 Å². The molecule has 0 bridgehead atoms. The lowest BCUT2D eigenvalue weighted by Crippen LogP contribution is -2.51. The molecule has 7 heteroatoms. The molecular weight excluding hydrogens is 412 g/mol. The minimum absolute atomic E-state index is 0.0308. The van der Waals surface area contributed by atoms with Crippen molar-refractivity contribution in [2.24, 2.45) is 5.92 Å². The van der Waals surface area contributed by atoms with Gasteiger partial charge in [-0.05, 0) is 56.1 Å². The van der Waals surface area contributed by atoms with Gasteiger partial charge in [0.05, 0.1) is 18.8 Å². The molecule has 0 radical (unpaired) electrons. The van der Waals surface area contributed by atoms with Crippen molar-refractivity contribution >= 4 is 5.91 Å². The van der Waals surface area contributed by atoms with Gasteiger partial charge in [-0.15, -0.1) is 0 Å². The highest BCUT2D eigenvalue weighted by Crippen LogP contribution is 2.50. The zero-order valence-corrected chi connectivity index (χ0v) is 18.3. The van der Waals surface area contributed by atoms with Crippen molar-refractivity contribution < 1.29 is 18.3 Å². The van der Waals surface area contributed by atoms with E-state index >= 15 is 0 Å². The van der Waals surface area contributed by atoms with Gasteiger partial charge >= 0.3 is 0 Å². The number of nitrogens with zero attached hydrogens (tertiary/aromatic N) is 2. The van der Waals surface area contributed by atoms with Gasteiger partial charge in [0, 0.05) is 30.8 Å². The molecule has 2 saturated carbocycles. The molecular formula is C25H31F2N3O2. The summed E-state index contributed by atoms with van der Waals surface area (Å²) in [6.45, 7) is 0.902. The van der Waals surface area contributed by atoms with E-state index in [2.05, 4.69) is 34.5 Å². The van der Waals surface area contributed by atoms with Gasteiger partial charge < -0.3 is 9.64 Å². The smallest absolute Gasteiger partial charge is 0.260 e. The van der Waals surface area contributed by atoms with Crippen LogP contribution in [0.3, 0.4) is 0 Å². The van der Waals surface area contributed by atoms with Crippen molar-refractivity contribution in [3.63, 3.8) is 0 Å². The number of H-pyrrole nitrogens is 1. The molecule has 1 amide bonds. The Bertz CT molecular complexity index is 897. The summed E-state index contributed by atoms with van der Waals surface area (Å²) in [5, 5.41) is 7.10. The number of ether oxygens (including phenoxy) is 1. The summed E-state index contributed by atoms with van der Waals surface area (Å²) >= 11 is 0. The van der Waals surface area contributed by atoms with Crippen LogP contribution in [-0.4, -0.2) is 52.2 Å². The van der Waals surface area contributed by atoms with E-state index in [1.165, 1.54) is 5.56 Å². The highest BCUT2D eigenvalue weighted by Gasteiger charge is 2.63. The third-order valence-electron chi connectivity index (χ3n) is 7.56. The number of halogens is 2. The third-order valence-corrected chi connectivity index (χ3v) is 7.56. The van der Waals surface area contributed by atoms with E-state index in [-0.39, 0.29) is 24.5 Å². The lowest BCUT2D eigenvalue weighted by atomic mass is 9.82. The van der Waals surface area contributed by atoms with Gasteiger partial charge in [0.1, 0.15) is 5.92 Å². The Labute approximate surface area is 187 Å². The quantitative estimate of drug-likeness (QED) is 0.692. The molecule has 1 aromatic heterocycles. The van der Waals surface area contributed by atoms with Crippen LogP contribution in [0, 0.1) is 5.92 Å². The highest BCUT2D eigenvalue weighted by atomic mass is 19.3. The van der Waals surface area contributed by atoms with Crippen molar-refractivity contribution in [1.29, 1.82) is 0 Å². The maximum Gasteiger partial charge on any atom is 0.260 e. The zero-order chi connectivity index (χ0) is 22.1. The molecule has 1 N–H and O–H groups in total. The summed E-state index contributed by atoms with van der Waals surface area (Å²) in [5.41, 5.74) is 2.34. The number of carbonyl (C=O) groups is 1. The normalized spacial score (nSPS) is 31.9. The number of piperidine rings is 1. The first-order chi connectivity index (χ1) is 15.5. The molecule has 1 aliphatic heterocycles. The van der Waals surface area contributed by atoms with Crippen molar-refractivity contribution in [2.45, 2.75) is 74.8 Å². The Hall–Kier alpha value is -2.28. The molecule has 5 rings (SSSR count). The largest absolute Gasteiger partial charge is 0.376 e. The van der Waals surface area contributed by atoms with E-state index < -0.39 is 17.7 Å². The van der Waals surface area contributed by atoms with Crippen LogP contribution in [0.4, 0.5) is 8.78 Å². The van der Waals surface area contributed by atoms with Crippen LogP contribution in [0.2, 0.25) is 0 Å². The molecule has 32 heavy (non-hydrogen) atoms. The van der Waals surface area contributed by atoms with Crippen LogP contribution < -0.4 is 0 Å². The molecule has 2 aliphatic carbocycles. The number of benzene rings is 1. The molecule has 172 valence electrons. The molecule has 3 fully saturated rings. The Kier molecular flexibility index (Phi) is 6.01. The third kappa shape index (κ3) is 4.45. The number of nitrogens with one attached hydrogen (secondary N) is 1. The van der Waals surface area contributed by atoms with Crippen LogP contribution in [0.5, 0.6) is 0 Å². The molecule has 2 heterocycles. The topological polar surface area (TPSA) is 58.2 Å². The summed E-state index contributed by atoms with van der Waals surface area (Å²) in [5.74, 6) is -3.83. The van der Waals surface area contributed by atoms with Gasteiger partial charge in [0.15, 0.2) is 0 Å². The first kappa shape index (κ1) is 21.6. The van der Waals surface area contributed by atoms with Crippen molar-refractivity contribution in [3.05, 3.63) is 53.9 Å². The highest BCUT2D eigenvalue weighted by molar-refractivity contribution is 5.83. The van der Waals surface area contributed by atoms with Gasteiger partial charge in [0.25, 0.3) is 5.92 Å². The minimum atomic E-state index is -2.85. The fourth-order valence-electron chi connectivity index (χ4n) is 5.58. The van der Waals surface area contributed by atoms with Gasteiger partial charge in [-0.25, -0.2) is 8.78 Å². The number of carbonyl (C=O) groups excluding carboxylic acids is 1. The predicted molar refractivity (Wildman–Crippen MR) is 117 cm³/mol. The van der Waals surface area contributed by atoms with Crippen molar-refractivity contribution in [3.8, 4) is 0 Å². The van der Waals surface area contributed by atoms with E-state index in [0.717, 1.165) is 44.2 Å². The van der Waals surface area contributed by atoms with E-state index in [1.54, 1.807) is 11.1 Å². The number of amides is 1. The van der Waals surface area contributed by atoms with Gasteiger partial charge in [0.2, 0.25) is 5.91 Å². The Morgan fingerprint density at radius 2 is 1.88 bits per heavy atom. The lowest BCUT2D eigenvalue weighted by Gasteiger charge is -2.42. The summed E-state index contributed by atoms with van der Waals surface area (Å²) in [6, 6.07) is 12.3. The van der Waals surface area contributed by atoms with Crippen molar-refractivity contribution in [1.82, 2.24) is 15.1 Å². The van der Waals surface area contributed by atoms with Crippen molar-refractivity contribution in [2.75, 3.05) is 13.2 Å². The standard InChI is InChI=1S/C25H31F2N3O2/c26-25(27)15-21(25)24(31)30-14-4-7-20(22-12-13-28-29-22)23(30)16-32-19-10-8-18(9-11-19)17-5-2-1-3-6-17/h1-3,5-6,12-13,18-21,23H,4,7-11,14-16H2,(H,28,29)/t18?,19?,20-,21?,23+/m1/s1. The van der Waals surface area contributed by atoms with Gasteiger partial charge in [-0.3, -0.25) is 9.89 Å². The second-order valence-electron chi connectivity index (χ2n) is 9.60. The van der Waals surface area contributed by atoms with Crippen LogP contribution in [0.25, 0.3) is 0 Å². The van der Waals surface area contributed by atoms with E-state index in [4.69, 9.17) is 4.74 Å². The molecule has 3 aliphatic rings. The number of aromatic nitrogens is 2. The van der Waals surface area contributed by atoms with Gasteiger partial charge in [-0.1, -0.05) is 30.3 Å². The Morgan fingerprint density at radius 3 is 2.53 bits per heavy atom. The number of aromatic amines is 1. The average Bonchev–Trinajstić information content (AvgIpc) is 3.20. The number of hydrogen-bond acceptors (Lipinski definition) is 3. The summed E-state index contributed by atoms with van der Waals surface area (Å²) in [6.07, 6.45) is 7.35. The second kappa shape index (κ2) is 8.93. The SMILES string of the molecule is O=C(C1CC1(F)F)N1CCC[C@H](c2ccn[nH]2)[C@@H]1COC1CCC(c2ccccc2)CC1. The van der Waals surface area contributed by atoms with Crippen LogP contribution in [-0.2, 0) is 9.53 Å². The maximum atomic E-state index is 13.7. The number of rotatable bonds is 6. The molecule has 5 nitrogen and oxygen atoms in total. The monoisotopic (exact) mass is 443 g/mol. The lowest BCUT2D eigenvalue weighted by molar-refractivity contribution is -0.142. The molecule has 1 unspecified atom stereocenters. The maximum absolute atomic E-state index is 13.7. The second-order valence-corrected chi connectivity index (χ2v) is 9.60. The molecule has 1 saturated heterocycles. The fourth-order valence-corrected chi connectivity index (χ4v) is 5.58. The summed E-state index contributed by atoms with van der Waals surface area (Å²) < 4.78 is 33.7. The minimum Gasteiger partial charge on any atom is -0.376 e. The number of alkyl halides is 2. The molecule has 2 aromatic rings. The summed E-state index contributed by atoms with van der Waals surface area (Å²) in [7, 11) is 0. The Morgan fingerprint density at radius 1 is 1.12 bits per heavy atom. The van der Waals surface area contributed by atoms with Gasteiger partial charge in [-0.2, -0.15) is 5.10 Å². The summed E-state index contributed by atoms with van der Waals surface area (Å²) in [4.78, 5) is 14.6.